The summed E-state index contributed by atoms with van der Waals surface area (Å²) in [5, 5.41) is 14.4. The zero-order chi connectivity index (χ0) is 14.1. The van der Waals surface area contributed by atoms with Gasteiger partial charge in [-0.05, 0) is 18.6 Å². The molecule has 0 unspecified atom stereocenters. The van der Waals surface area contributed by atoms with Gasteiger partial charge in [-0.25, -0.2) is 4.79 Å². The van der Waals surface area contributed by atoms with E-state index in [9.17, 15) is 9.90 Å². The van der Waals surface area contributed by atoms with E-state index in [-0.39, 0.29) is 5.56 Å². The molecule has 3 rings (SSSR count). The average Bonchev–Trinajstić information content (AvgIpc) is 2.84. The van der Waals surface area contributed by atoms with Crippen molar-refractivity contribution in [1.29, 1.82) is 0 Å². The normalized spacial score (nSPS) is 10.8. The van der Waals surface area contributed by atoms with Crippen molar-refractivity contribution < 1.29 is 9.90 Å². The van der Waals surface area contributed by atoms with Gasteiger partial charge in [0.15, 0.2) is 0 Å². The molecule has 100 valence electrons. The van der Waals surface area contributed by atoms with E-state index in [1.54, 1.807) is 23.0 Å². The molecule has 20 heavy (non-hydrogen) atoms. The van der Waals surface area contributed by atoms with Crippen LogP contribution in [0.3, 0.4) is 0 Å². The Morgan fingerprint density at radius 3 is 2.65 bits per heavy atom. The molecule has 0 aliphatic heterocycles. The molecular weight excluding hydrogens is 252 g/mol. The van der Waals surface area contributed by atoms with Crippen molar-refractivity contribution in [3.8, 4) is 0 Å². The molecule has 0 saturated carbocycles. The summed E-state index contributed by atoms with van der Waals surface area (Å²) < 4.78 is 1.74. The fourth-order valence-corrected chi connectivity index (χ4v) is 2.30. The second kappa shape index (κ2) is 4.81. The molecule has 1 N–H and O–H groups in total. The van der Waals surface area contributed by atoms with Gasteiger partial charge in [-0.3, -0.25) is 4.68 Å². The second-order valence-corrected chi connectivity index (χ2v) is 4.84. The van der Waals surface area contributed by atoms with Crippen molar-refractivity contribution in [1.82, 2.24) is 9.78 Å². The fraction of sp³-hybridized carbons (Fsp3) is 0.125. The number of aromatic nitrogens is 2. The topological polar surface area (TPSA) is 55.1 Å². The highest BCUT2D eigenvalue weighted by Gasteiger charge is 2.13. The minimum Gasteiger partial charge on any atom is -0.478 e. The number of para-hydroxylation sites is 1. The van der Waals surface area contributed by atoms with Crippen LogP contribution in [0.1, 0.15) is 21.5 Å². The summed E-state index contributed by atoms with van der Waals surface area (Å²) in [4.78, 5) is 11.3. The molecule has 3 aromatic rings. The maximum absolute atomic E-state index is 11.3. The molecular formula is C16H14N2O2. The number of carbonyl (C=O) groups is 1. The summed E-state index contributed by atoms with van der Waals surface area (Å²) in [6.45, 7) is 2.60. The summed E-state index contributed by atoms with van der Waals surface area (Å²) in [5.41, 5.74) is 3.25. The molecule has 0 aliphatic carbocycles. The van der Waals surface area contributed by atoms with Crippen LogP contribution in [0.15, 0.2) is 48.7 Å². The molecule has 1 heterocycles. The quantitative estimate of drug-likeness (QED) is 0.792. The smallest absolute Gasteiger partial charge is 0.337 e. The summed E-state index contributed by atoms with van der Waals surface area (Å²) in [6, 6.07) is 13.4. The predicted octanol–water partition coefficient (Wildman–Crippen LogP) is 3.09. The molecule has 0 radical (unpaired) electrons. The predicted molar refractivity (Wildman–Crippen MR) is 77.0 cm³/mol. The molecule has 0 bridgehead atoms. The SMILES string of the molecule is Cc1ccc(Cn2ncc3cccc(C(=O)O)c32)cc1. The number of aromatic carboxylic acids is 1. The number of fused-ring (bicyclic) bond motifs is 1. The summed E-state index contributed by atoms with van der Waals surface area (Å²) in [6.07, 6.45) is 1.70. The highest BCUT2D eigenvalue weighted by molar-refractivity contribution is 6.01. The second-order valence-electron chi connectivity index (χ2n) is 4.84. The number of benzene rings is 2. The lowest BCUT2D eigenvalue weighted by molar-refractivity contribution is 0.0698. The van der Waals surface area contributed by atoms with Crippen LogP contribution in [0.2, 0.25) is 0 Å². The molecule has 0 spiro atoms. The van der Waals surface area contributed by atoms with Gasteiger partial charge >= 0.3 is 5.97 Å². The van der Waals surface area contributed by atoms with Crippen LogP contribution in [-0.4, -0.2) is 20.9 Å². The van der Waals surface area contributed by atoms with Crippen LogP contribution < -0.4 is 0 Å². The van der Waals surface area contributed by atoms with Crippen LogP contribution in [-0.2, 0) is 6.54 Å². The zero-order valence-corrected chi connectivity index (χ0v) is 11.1. The first kappa shape index (κ1) is 12.4. The Kier molecular flexibility index (Phi) is 2.99. The van der Waals surface area contributed by atoms with Crippen molar-refractivity contribution in [2.45, 2.75) is 13.5 Å². The highest BCUT2D eigenvalue weighted by Crippen LogP contribution is 2.20. The number of carboxylic acids is 1. The maximum atomic E-state index is 11.3. The lowest BCUT2D eigenvalue weighted by Crippen LogP contribution is -2.06. The Morgan fingerprint density at radius 1 is 1.20 bits per heavy atom. The van der Waals surface area contributed by atoms with E-state index in [0.717, 1.165) is 10.9 Å². The Bertz CT molecular complexity index is 773. The van der Waals surface area contributed by atoms with Crippen molar-refractivity contribution in [2.75, 3.05) is 0 Å². The molecule has 0 aliphatic rings. The van der Waals surface area contributed by atoms with Gasteiger partial charge in [0, 0.05) is 5.39 Å². The Hall–Kier alpha value is -2.62. The van der Waals surface area contributed by atoms with Crippen LogP contribution in [0, 0.1) is 6.92 Å². The molecule has 2 aromatic carbocycles. The van der Waals surface area contributed by atoms with Crippen molar-refractivity contribution in [2.24, 2.45) is 0 Å². The average molecular weight is 266 g/mol. The maximum Gasteiger partial charge on any atom is 0.337 e. The Morgan fingerprint density at radius 2 is 1.95 bits per heavy atom. The van der Waals surface area contributed by atoms with Gasteiger partial charge in [-0.15, -0.1) is 0 Å². The van der Waals surface area contributed by atoms with E-state index < -0.39 is 5.97 Å². The van der Waals surface area contributed by atoms with Crippen LogP contribution in [0.5, 0.6) is 0 Å². The minimum absolute atomic E-state index is 0.284. The first-order valence-electron chi connectivity index (χ1n) is 6.38. The highest BCUT2D eigenvalue weighted by atomic mass is 16.4. The van der Waals surface area contributed by atoms with Gasteiger partial charge in [-0.1, -0.05) is 42.0 Å². The van der Waals surface area contributed by atoms with Gasteiger partial charge < -0.3 is 5.11 Å². The van der Waals surface area contributed by atoms with Gasteiger partial charge in [0.05, 0.1) is 23.8 Å². The lowest BCUT2D eigenvalue weighted by atomic mass is 10.1. The first-order valence-corrected chi connectivity index (χ1v) is 6.38. The third-order valence-electron chi connectivity index (χ3n) is 3.34. The number of hydrogen-bond acceptors (Lipinski definition) is 2. The van der Waals surface area contributed by atoms with Crippen molar-refractivity contribution in [3.63, 3.8) is 0 Å². The van der Waals surface area contributed by atoms with Crippen LogP contribution in [0.25, 0.3) is 10.9 Å². The Balaban J connectivity index is 2.07. The summed E-state index contributed by atoms with van der Waals surface area (Å²) in [7, 11) is 0. The van der Waals surface area contributed by atoms with Gasteiger partial charge in [-0.2, -0.15) is 5.10 Å². The third kappa shape index (κ3) is 2.16. The number of rotatable bonds is 3. The van der Waals surface area contributed by atoms with Crippen LogP contribution >= 0.6 is 0 Å². The molecule has 1 aromatic heterocycles. The van der Waals surface area contributed by atoms with Gasteiger partial charge in [0.2, 0.25) is 0 Å². The number of nitrogens with zero attached hydrogens (tertiary/aromatic N) is 2. The van der Waals surface area contributed by atoms with E-state index >= 15 is 0 Å². The number of carboxylic acid groups (broad SMARTS) is 1. The summed E-state index contributed by atoms with van der Waals surface area (Å²) >= 11 is 0. The van der Waals surface area contributed by atoms with Gasteiger partial charge in [0.25, 0.3) is 0 Å². The standard InChI is InChI=1S/C16H14N2O2/c1-11-5-7-12(8-6-11)10-18-15-13(9-17-18)3-2-4-14(15)16(19)20/h2-9H,10H2,1H3,(H,19,20). The molecule has 4 nitrogen and oxygen atoms in total. The monoisotopic (exact) mass is 266 g/mol. The van der Waals surface area contributed by atoms with E-state index in [1.165, 1.54) is 5.56 Å². The van der Waals surface area contributed by atoms with E-state index in [0.29, 0.717) is 12.1 Å². The fourth-order valence-electron chi connectivity index (χ4n) is 2.30. The third-order valence-corrected chi connectivity index (χ3v) is 3.34. The van der Waals surface area contributed by atoms with Crippen molar-refractivity contribution >= 4 is 16.9 Å². The lowest BCUT2D eigenvalue weighted by Gasteiger charge is -2.06. The number of hydrogen-bond donors (Lipinski definition) is 1. The molecule has 4 heteroatoms. The molecule has 0 saturated heterocycles. The first-order chi connectivity index (χ1) is 9.65. The van der Waals surface area contributed by atoms with E-state index in [1.807, 2.05) is 37.3 Å². The Labute approximate surface area is 116 Å². The molecule has 0 amide bonds. The number of aryl methyl sites for hydroxylation is 1. The largest absolute Gasteiger partial charge is 0.478 e. The summed E-state index contributed by atoms with van der Waals surface area (Å²) in [5.74, 6) is -0.929. The minimum atomic E-state index is -0.929. The van der Waals surface area contributed by atoms with E-state index in [2.05, 4.69) is 5.10 Å². The van der Waals surface area contributed by atoms with Crippen molar-refractivity contribution in [3.05, 3.63) is 65.4 Å². The molecule has 0 fully saturated rings. The van der Waals surface area contributed by atoms with Gasteiger partial charge in [0.1, 0.15) is 0 Å². The van der Waals surface area contributed by atoms with E-state index in [4.69, 9.17) is 0 Å². The van der Waals surface area contributed by atoms with Crippen LogP contribution in [0.4, 0.5) is 0 Å². The molecule has 0 atom stereocenters. The zero-order valence-electron chi connectivity index (χ0n) is 11.1.